The van der Waals surface area contributed by atoms with Crippen molar-refractivity contribution in [2.24, 2.45) is 11.8 Å². The van der Waals surface area contributed by atoms with Crippen LogP contribution < -0.4 is 10.2 Å². The molecule has 0 aliphatic carbocycles. The number of thiazole rings is 1. The van der Waals surface area contributed by atoms with Gasteiger partial charge in [0.05, 0.1) is 5.69 Å². The van der Waals surface area contributed by atoms with Crippen LogP contribution in [0.15, 0.2) is 0 Å². The Hall–Kier alpha value is -0.610. The van der Waals surface area contributed by atoms with Gasteiger partial charge in [-0.3, -0.25) is 0 Å². The molecule has 2 rings (SSSR count). The van der Waals surface area contributed by atoms with Crippen LogP contribution in [0.25, 0.3) is 0 Å². The molecule has 3 unspecified atom stereocenters. The molecule has 1 aliphatic rings. The quantitative estimate of drug-likeness (QED) is 0.913. The Morgan fingerprint density at radius 3 is 2.52 bits per heavy atom. The highest BCUT2D eigenvalue weighted by Crippen LogP contribution is 2.38. The molecule has 0 spiro atoms. The molecule has 3 nitrogen and oxygen atoms in total. The molecular weight excluding hydrogens is 278 g/mol. The Labute approximate surface area is 134 Å². The largest absolute Gasteiger partial charge is 0.345 e. The SMILES string of the molecule is CNCc1sc(N2CC(C)CC(C)C2C)nc1C(C)(C)C. The van der Waals surface area contributed by atoms with Crippen LogP contribution in [-0.2, 0) is 12.0 Å². The van der Waals surface area contributed by atoms with Gasteiger partial charge in [0.1, 0.15) is 0 Å². The molecule has 1 saturated heterocycles. The van der Waals surface area contributed by atoms with E-state index in [4.69, 9.17) is 4.98 Å². The van der Waals surface area contributed by atoms with Gasteiger partial charge in [-0.1, -0.05) is 34.6 Å². The Morgan fingerprint density at radius 1 is 1.29 bits per heavy atom. The van der Waals surface area contributed by atoms with Crippen LogP contribution in [0.1, 0.15) is 58.5 Å². The fraction of sp³-hybridized carbons (Fsp3) is 0.824. The molecule has 1 aromatic heterocycles. The van der Waals surface area contributed by atoms with Gasteiger partial charge in [0.15, 0.2) is 5.13 Å². The number of hydrogen-bond donors (Lipinski definition) is 1. The van der Waals surface area contributed by atoms with E-state index in [0.29, 0.717) is 6.04 Å². The Balaban J connectivity index is 2.35. The second kappa shape index (κ2) is 6.25. The average Bonchev–Trinajstić information content (AvgIpc) is 2.78. The van der Waals surface area contributed by atoms with Crippen LogP contribution in [0, 0.1) is 11.8 Å². The zero-order chi connectivity index (χ0) is 15.8. The Morgan fingerprint density at radius 2 is 1.95 bits per heavy atom. The summed E-state index contributed by atoms with van der Waals surface area (Å²) in [5, 5.41) is 4.51. The first-order valence-corrected chi connectivity index (χ1v) is 8.97. The molecule has 0 amide bonds. The third-order valence-corrected chi connectivity index (χ3v) is 5.67. The maximum atomic E-state index is 5.05. The predicted molar refractivity (Wildman–Crippen MR) is 93.3 cm³/mol. The molecule has 2 heterocycles. The Kier molecular flexibility index (Phi) is 4.99. The van der Waals surface area contributed by atoms with E-state index in [1.165, 1.54) is 22.1 Å². The van der Waals surface area contributed by atoms with Crippen molar-refractivity contribution in [3.05, 3.63) is 10.6 Å². The first-order chi connectivity index (χ1) is 9.74. The lowest BCUT2D eigenvalue weighted by Crippen LogP contribution is -2.45. The number of nitrogens with one attached hydrogen (secondary N) is 1. The van der Waals surface area contributed by atoms with Gasteiger partial charge in [0.25, 0.3) is 0 Å². The van der Waals surface area contributed by atoms with E-state index in [0.717, 1.165) is 24.9 Å². The average molecular weight is 310 g/mol. The van der Waals surface area contributed by atoms with Crippen LogP contribution in [0.4, 0.5) is 5.13 Å². The highest BCUT2D eigenvalue weighted by atomic mass is 32.1. The second-order valence-electron chi connectivity index (χ2n) is 7.76. The number of anilines is 1. The summed E-state index contributed by atoms with van der Waals surface area (Å²) in [5.41, 5.74) is 1.37. The molecule has 3 atom stereocenters. The van der Waals surface area contributed by atoms with E-state index < -0.39 is 0 Å². The molecule has 1 aromatic rings. The molecule has 4 heteroatoms. The third kappa shape index (κ3) is 3.59. The summed E-state index contributed by atoms with van der Waals surface area (Å²) in [4.78, 5) is 8.97. The number of hydrogen-bond acceptors (Lipinski definition) is 4. The second-order valence-corrected chi connectivity index (χ2v) is 8.82. The van der Waals surface area contributed by atoms with Gasteiger partial charge in [-0.05, 0) is 32.2 Å². The zero-order valence-electron chi connectivity index (χ0n) is 14.7. The lowest BCUT2D eigenvalue weighted by molar-refractivity contribution is 0.296. The van der Waals surface area contributed by atoms with Gasteiger partial charge in [-0.2, -0.15) is 0 Å². The van der Waals surface area contributed by atoms with E-state index in [2.05, 4.69) is 51.8 Å². The number of rotatable bonds is 3. The third-order valence-electron chi connectivity index (χ3n) is 4.58. The predicted octanol–water partition coefficient (Wildman–Crippen LogP) is 4.03. The number of piperidine rings is 1. The van der Waals surface area contributed by atoms with Crippen LogP contribution >= 0.6 is 11.3 Å². The monoisotopic (exact) mass is 309 g/mol. The van der Waals surface area contributed by atoms with Crippen molar-refractivity contribution in [3.8, 4) is 0 Å². The van der Waals surface area contributed by atoms with Crippen molar-refractivity contribution in [1.82, 2.24) is 10.3 Å². The minimum Gasteiger partial charge on any atom is -0.345 e. The van der Waals surface area contributed by atoms with Crippen molar-refractivity contribution in [2.75, 3.05) is 18.5 Å². The molecule has 120 valence electrons. The Bertz CT molecular complexity index is 475. The highest BCUT2D eigenvalue weighted by Gasteiger charge is 2.32. The van der Waals surface area contributed by atoms with E-state index in [9.17, 15) is 0 Å². The molecule has 0 radical (unpaired) electrons. The molecule has 1 aliphatic heterocycles. The van der Waals surface area contributed by atoms with Crippen LogP contribution in [-0.4, -0.2) is 24.6 Å². The standard InChI is InChI=1S/C17H31N3S/c1-11-8-12(2)13(3)20(10-11)16-19-15(17(4,5)6)14(21-16)9-18-7/h11-13,18H,8-10H2,1-7H3. The smallest absolute Gasteiger partial charge is 0.186 e. The highest BCUT2D eigenvalue weighted by molar-refractivity contribution is 7.15. The fourth-order valence-electron chi connectivity index (χ4n) is 3.30. The summed E-state index contributed by atoms with van der Waals surface area (Å²) in [6.45, 7) is 15.9. The van der Waals surface area contributed by atoms with Crippen LogP contribution in [0.5, 0.6) is 0 Å². The minimum absolute atomic E-state index is 0.108. The molecule has 0 bridgehead atoms. The number of nitrogens with zero attached hydrogens (tertiary/aromatic N) is 2. The summed E-state index contributed by atoms with van der Waals surface area (Å²) in [7, 11) is 2.01. The molecular formula is C17H31N3S. The summed E-state index contributed by atoms with van der Waals surface area (Å²) in [6.07, 6.45) is 1.33. The summed E-state index contributed by atoms with van der Waals surface area (Å²) in [5.74, 6) is 1.49. The van der Waals surface area contributed by atoms with E-state index in [1.54, 1.807) is 0 Å². The van der Waals surface area contributed by atoms with Gasteiger partial charge in [-0.15, -0.1) is 11.3 Å². The van der Waals surface area contributed by atoms with Crippen molar-refractivity contribution < 1.29 is 0 Å². The van der Waals surface area contributed by atoms with Crippen LogP contribution in [0.2, 0.25) is 0 Å². The van der Waals surface area contributed by atoms with Crippen molar-refractivity contribution in [1.29, 1.82) is 0 Å². The van der Waals surface area contributed by atoms with Gasteiger partial charge in [-0.25, -0.2) is 4.98 Å². The topological polar surface area (TPSA) is 28.2 Å². The van der Waals surface area contributed by atoms with Gasteiger partial charge < -0.3 is 10.2 Å². The molecule has 21 heavy (non-hydrogen) atoms. The van der Waals surface area contributed by atoms with Crippen molar-refractivity contribution in [2.45, 2.75) is 66.0 Å². The maximum Gasteiger partial charge on any atom is 0.186 e. The fourth-order valence-corrected chi connectivity index (χ4v) is 4.68. The van der Waals surface area contributed by atoms with Crippen molar-refractivity contribution >= 4 is 16.5 Å². The molecule has 0 aromatic carbocycles. The lowest BCUT2D eigenvalue weighted by atomic mass is 9.86. The van der Waals surface area contributed by atoms with E-state index >= 15 is 0 Å². The molecule has 0 saturated carbocycles. The molecule has 1 fully saturated rings. The van der Waals surface area contributed by atoms with E-state index in [-0.39, 0.29) is 5.41 Å². The first kappa shape index (κ1) is 16.8. The summed E-state index contributed by atoms with van der Waals surface area (Å²) < 4.78 is 0. The normalized spacial score (nSPS) is 27.2. The van der Waals surface area contributed by atoms with Gasteiger partial charge in [0.2, 0.25) is 0 Å². The van der Waals surface area contributed by atoms with Crippen LogP contribution in [0.3, 0.4) is 0 Å². The van der Waals surface area contributed by atoms with E-state index in [1.807, 2.05) is 18.4 Å². The lowest BCUT2D eigenvalue weighted by Gasteiger charge is -2.41. The summed E-state index contributed by atoms with van der Waals surface area (Å²) in [6, 6.07) is 0.586. The number of aromatic nitrogens is 1. The van der Waals surface area contributed by atoms with Gasteiger partial charge in [0, 0.05) is 29.4 Å². The van der Waals surface area contributed by atoms with Gasteiger partial charge >= 0.3 is 0 Å². The minimum atomic E-state index is 0.108. The summed E-state index contributed by atoms with van der Waals surface area (Å²) >= 11 is 1.88. The zero-order valence-corrected chi connectivity index (χ0v) is 15.5. The first-order valence-electron chi connectivity index (χ1n) is 8.15. The molecule has 1 N–H and O–H groups in total. The van der Waals surface area contributed by atoms with Crippen molar-refractivity contribution in [3.63, 3.8) is 0 Å². The maximum absolute atomic E-state index is 5.05.